The molecule has 0 aromatic heterocycles. The van der Waals surface area contributed by atoms with Crippen molar-refractivity contribution in [3.8, 4) is 0 Å². The van der Waals surface area contributed by atoms with Gasteiger partial charge in [0.25, 0.3) is 0 Å². The van der Waals surface area contributed by atoms with E-state index in [9.17, 15) is 0 Å². The lowest BCUT2D eigenvalue weighted by Gasteiger charge is -2.68. The summed E-state index contributed by atoms with van der Waals surface area (Å²) in [5.74, 6) is 17.5. The number of hydrogen-bond donors (Lipinski definition) is 0. The van der Waals surface area contributed by atoms with Gasteiger partial charge < -0.3 is 9.47 Å². The van der Waals surface area contributed by atoms with Crippen molar-refractivity contribution in [3.63, 3.8) is 0 Å². The standard InChI is InChI=1S/C94H168N2O2/c1-7-11-15-19-23-27-31-71-37-51-81(52-38-71)95(79-47-33-69(5)34-48-79)91-67-89(77-43-41-75-65-83(55-45-73(75)63-77)97-61-29-25-21-17-13-9-3)85-58-60-88-92(96(80-49-35-70(6)36-50-80)82-53-39-72(40-54-82)32-28-24-20-16-12-8-2)68-90(86-57-59-87(91)93(85)94(86)88)78-44-42-76-66-84(56-46-74(76)64-78)98-62-30-26-22-18-14-10-4/h69-94H,7-68H2,1-6H3. The molecule has 98 heavy (non-hydrogen) atoms. The Morgan fingerprint density at radius 1 is 0.245 bits per heavy atom. The molecule has 0 radical (unpaired) electrons. The Balaban J connectivity index is 0.840. The van der Waals surface area contributed by atoms with E-state index in [4.69, 9.17) is 9.47 Å². The molecule has 0 heterocycles. The van der Waals surface area contributed by atoms with Gasteiger partial charge in [0.1, 0.15) is 0 Å². The fourth-order valence-corrected chi connectivity index (χ4v) is 28.0. The molecule has 12 fully saturated rings. The third-order valence-corrected chi connectivity index (χ3v) is 33.3. The molecule has 0 amide bonds. The third-order valence-electron chi connectivity index (χ3n) is 33.3. The first-order valence-corrected chi connectivity index (χ1v) is 47.1. The van der Waals surface area contributed by atoms with Crippen LogP contribution in [0.15, 0.2) is 0 Å². The second kappa shape index (κ2) is 40.7. The van der Waals surface area contributed by atoms with Crippen LogP contribution < -0.4 is 0 Å². The number of fused-ring (bicyclic) bond motifs is 2. The molecule has 0 spiro atoms. The molecule has 12 aliphatic carbocycles. The second-order valence-corrected chi connectivity index (χ2v) is 39.4. The highest BCUT2D eigenvalue weighted by molar-refractivity contribution is 5.14. The average molecular weight is 1360 g/mol. The lowest BCUT2D eigenvalue weighted by molar-refractivity contribution is -0.192. The summed E-state index contributed by atoms with van der Waals surface area (Å²) in [5.41, 5.74) is 0. The molecule has 12 aliphatic rings. The van der Waals surface area contributed by atoms with Gasteiger partial charge in [-0.15, -0.1) is 0 Å². The smallest absolute Gasteiger partial charge is 0.0578 e. The molecule has 0 aromatic carbocycles. The van der Waals surface area contributed by atoms with Crippen LogP contribution in [-0.2, 0) is 9.47 Å². The van der Waals surface area contributed by atoms with Gasteiger partial charge in [0, 0.05) is 49.5 Å². The average Bonchev–Trinajstić information content (AvgIpc) is 0.704. The zero-order valence-corrected chi connectivity index (χ0v) is 66.6. The summed E-state index contributed by atoms with van der Waals surface area (Å²) in [4.78, 5) is 7.24. The highest BCUT2D eigenvalue weighted by Gasteiger charge is 2.64. The predicted molar refractivity (Wildman–Crippen MR) is 420 cm³/mol. The van der Waals surface area contributed by atoms with E-state index in [0.717, 1.165) is 156 Å². The third kappa shape index (κ3) is 20.7. The minimum Gasteiger partial charge on any atom is -0.378 e. The fourth-order valence-electron chi connectivity index (χ4n) is 28.0. The van der Waals surface area contributed by atoms with Crippen molar-refractivity contribution in [2.75, 3.05) is 13.2 Å². The molecule has 0 N–H and O–H groups in total. The number of rotatable bonds is 38. The molecule has 12 rings (SSSR count). The fraction of sp³-hybridized carbons (Fsp3) is 1.00. The largest absolute Gasteiger partial charge is 0.378 e. The van der Waals surface area contributed by atoms with E-state index in [1.54, 1.807) is 89.9 Å². The van der Waals surface area contributed by atoms with Crippen molar-refractivity contribution in [2.45, 2.75) is 475 Å². The quantitative estimate of drug-likeness (QED) is 0.0575. The van der Waals surface area contributed by atoms with Gasteiger partial charge in [0.05, 0.1) is 12.2 Å². The Bertz CT molecular complexity index is 1980. The Hall–Kier alpha value is -0.160. The topological polar surface area (TPSA) is 24.9 Å². The predicted octanol–water partition coefficient (Wildman–Crippen LogP) is 27.4. The Morgan fingerprint density at radius 3 is 0.908 bits per heavy atom. The van der Waals surface area contributed by atoms with Crippen LogP contribution >= 0.6 is 0 Å². The highest BCUT2D eigenvalue weighted by Crippen LogP contribution is 2.68. The van der Waals surface area contributed by atoms with Crippen molar-refractivity contribution in [1.29, 1.82) is 0 Å². The van der Waals surface area contributed by atoms with Crippen LogP contribution in [0.25, 0.3) is 0 Å². The van der Waals surface area contributed by atoms with Crippen molar-refractivity contribution in [1.82, 2.24) is 9.80 Å². The van der Waals surface area contributed by atoms with E-state index in [-0.39, 0.29) is 0 Å². The molecular formula is C94H168N2O2. The zero-order valence-electron chi connectivity index (χ0n) is 66.6. The maximum absolute atomic E-state index is 6.87. The van der Waals surface area contributed by atoms with Crippen LogP contribution in [0, 0.1) is 107 Å². The molecule has 0 bridgehead atoms. The van der Waals surface area contributed by atoms with Gasteiger partial charge in [-0.25, -0.2) is 0 Å². The zero-order chi connectivity index (χ0) is 67.4. The number of hydrogen-bond acceptors (Lipinski definition) is 4. The molecule has 566 valence electrons. The van der Waals surface area contributed by atoms with Crippen molar-refractivity contribution in [3.05, 3.63) is 0 Å². The summed E-state index contributed by atoms with van der Waals surface area (Å²) in [7, 11) is 0. The molecule has 4 heteroatoms. The van der Waals surface area contributed by atoms with Gasteiger partial charge in [0.2, 0.25) is 0 Å². The lowest BCUT2D eigenvalue weighted by Crippen LogP contribution is -2.67. The van der Waals surface area contributed by atoms with Gasteiger partial charge in [-0.2, -0.15) is 0 Å². The minimum absolute atomic E-state index is 0.549. The van der Waals surface area contributed by atoms with Gasteiger partial charge in [-0.1, -0.05) is 196 Å². The first-order chi connectivity index (χ1) is 48.3. The van der Waals surface area contributed by atoms with Gasteiger partial charge in [-0.3, -0.25) is 9.80 Å². The Labute approximate surface area is 610 Å². The molecule has 12 saturated carbocycles. The molecule has 18 atom stereocenters. The number of nitrogens with zero attached hydrogens (tertiary/aromatic N) is 2. The Kier molecular flexibility index (Phi) is 32.2. The van der Waals surface area contributed by atoms with E-state index in [2.05, 4.69) is 51.3 Å². The van der Waals surface area contributed by atoms with Crippen LogP contribution in [0.3, 0.4) is 0 Å². The van der Waals surface area contributed by atoms with Crippen LogP contribution in [0.1, 0.15) is 427 Å². The minimum atomic E-state index is 0.549. The maximum atomic E-state index is 6.87. The Morgan fingerprint density at radius 2 is 0.541 bits per heavy atom. The highest BCUT2D eigenvalue weighted by atomic mass is 16.5. The van der Waals surface area contributed by atoms with E-state index in [0.29, 0.717) is 12.2 Å². The molecule has 18 unspecified atom stereocenters. The van der Waals surface area contributed by atoms with Gasteiger partial charge in [0.15, 0.2) is 0 Å². The van der Waals surface area contributed by atoms with Gasteiger partial charge >= 0.3 is 0 Å². The van der Waals surface area contributed by atoms with E-state index in [1.807, 2.05) is 0 Å². The van der Waals surface area contributed by atoms with E-state index < -0.39 is 0 Å². The molecular weight excluding hydrogens is 1190 g/mol. The summed E-state index contributed by atoms with van der Waals surface area (Å²) in [6, 6.07) is 5.13. The summed E-state index contributed by atoms with van der Waals surface area (Å²) in [6.45, 7) is 16.8. The molecule has 0 aromatic rings. The summed E-state index contributed by atoms with van der Waals surface area (Å²) >= 11 is 0. The number of ether oxygens (including phenoxy) is 2. The summed E-state index contributed by atoms with van der Waals surface area (Å²) in [6.07, 6.45) is 90.2. The maximum Gasteiger partial charge on any atom is 0.0578 e. The SMILES string of the molecule is CCCCCCCCOC1CCC2CC(C3CC(N(C4CCC(C)CC4)C4CCC(CCCCCCCC)CC4)C4CCC5C(C6CCC7CC(OCCCCCCCC)CCC7C6)CC(N(C6CCC(C)CC6)C6CCC(CCCCCCCC)CC6)C6CCC3C4C56)CCC2C1. The summed E-state index contributed by atoms with van der Waals surface area (Å²) in [5, 5.41) is 0. The van der Waals surface area contributed by atoms with Crippen molar-refractivity contribution < 1.29 is 9.47 Å². The van der Waals surface area contributed by atoms with Crippen LogP contribution in [0.2, 0.25) is 0 Å². The van der Waals surface area contributed by atoms with Gasteiger partial charge in [-0.05, 0) is 338 Å². The van der Waals surface area contributed by atoms with Crippen molar-refractivity contribution in [2.24, 2.45) is 107 Å². The van der Waals surface area contributed by atoms with E-state index >= 15 is 0 Å². The monoisotopic (exact) mass is 1360 g/mol. The molecule has 0 aliphatic heterocycles. The van der Waals surface area contributed by atoms with Crippen LogP contribution in [0.4, 0.5) is 0 Å². The van der Waals surface area contributed by atoms with E-state index in [1.165, 1.54) is 295 Å². The van der Waals surface area contributed by atoms with Crippen LogP contribution in [0.5, 0.6) is 0 Å². The summed E-state index contributed by atoms with van der Waals surface area (Å²) < 4.78 is 13.7. The lowest BCUT2D eigenvalue weighted by atomic mass is 9.41. The van der Waals surface area contributed by atoms with Crippen molar-refractivity contribution >= 4 is 0 Å². The van der Waals surface area contributed by atoms with Crippen LogP contribution in [-0.4, -0.2) is 71.5 Å². The second-order valence-electron chi connectivity index (χ2n) is 39.4. The number of unbranched alkanes of at least 4 members (excludes halogenated alkanes) is 20. The molecule has 0 saturated heterocycles. The first kappa shape index (κ1) is 77.5. The normalized spacial score (nSPS) is 41.4. The first-order valence-electron chi connectivity index (χ1n) is 47.1. The molecule has 4 nitrogen and oxygen atoms in total.